The molecule has 0 aromatic heterocycles. The van der Waals surface area contributed by atoms with Gasteiger partial charge in [-0.25, -0.2) is 4.79 Å². The van der Waals surface area contributed by atoms with Crippen molar-refractivity contribution >= 4 is 23.6 Å². The molecule has 148 valence electrons. The molecule has 0 aliphatic carbocycles. The normalized spacial score (nSPS) is 11.8. The van der Waals surface area contributed by atoms with Gasteiger partial charge in [-0.2, -0.15) is 0 Å². The average Bonchev–Trinajstić information content (AvgIpc) is 2.69. The van der Waals surface area contributed by atoms with Crippen LogP contribution in [-0.2, 0) is 14.3 Å². The molecule has 2 aromatic rings. The number of ether oxygens (including phenoxy) is 3. The molecule has 0 aliphatic rings. The summed E-state index contributed by atoms with van der Waals surface area (Å²) in [4.78, 5) is 24.4. The predicted octanol–water partition coefficient (Wildman–Crippen LogP) is 3.90. The lowest BCUT2D eigenvalue weighted by atomic mass is 10.1. The van der Waals surface area contributed by atoms with E-state index in [1.165, 1.54) is 20.1 Å². The lowest BCUT2D eigenvalue weighted by molar-refractivity contribution is -0.148. The monoisotopic (exact) mass is 383 g/mol. The molecule has 0 bridgehead atoms. The molecule has 28 heavy (non-hydrogen) atoms. The maximum Gasteiger partial charge on any atom is 0.331 e. The van der Waals surface area contributed by atoms with E-state index in [4.69, 9.17) is 14.2 Å². The van der Waals surface area contributed by atoms with Crippen LogP contribution in [0.4, 0.5) is 5.69 Å². The summed E-state index contributed by atoms with van der Waals surface area (Å²) >= 11 is 0. The van der Waals surface area contributed by atoms with Crippen LogP contribution < -0.4 is 14.8 Å². The molecule has 0 aliphatic heterocycles. The quantitative estimate of drug-likeness (QED) is 0.580. The van der Waals surface area contributed by atoms with Gasteiger partial charge in [-0.15, -0.1) is 0 Å². The van der Waals surface area contributed by atoms with E-state index in [9.17, 15) is 9.59 Å². The maximum atomic E-state index is 12.3. The minimum absolute atomic E-state index is 0.391. The standard InChI is InChI=1S/C22H25NO5/c1-14-7-6-8-19(15(14)2)23-22(25)16(3)28-21(24)12-10-17-9-11-18(26-4)13-20(17)27-5/h6-13,16H,1-5H3,(H,23,25)/b12-10+/t16-/m1/s1. The third-order valence-electron chi connectivity index (χ3n) is 4.36. The second-order valence-corrected chi connectivity index (χ2v) is 6.26. The summed E-state index contributed by atoms with van der Waals surface area (Å²) in [6.45, 7) is 5.42. The van der Waals surface area contributed by atoms with Crippen molar-refractivity contribution in [3.8, 4) is 11.5 Å². The van der Waals surface area contributed by atoms with Crippen molar-refractivity contribution < 1.29 is 23.8 Å². The van der Waals surface area contributed by atoms with Gasteiger partial charge in [0.05, 0.1) is 14.2 Å². The van der Waals surface area contributed by atoms with Crippen molar-refractivity contribution in [2.75, 3.05) is 19.5 Å². The van der Waals surface area contributed by atoms with Crippen LogP contribution in [0.25, 0.3) is 6.08 Å². The largest absolute Gasteiger partial charge is 0.497 e. The summed E-state index contributed by atoms with van der Waals surface area (Å²) in [7, 11) is 3.09. The highest BCUT2D eigenvalue weighted by atomic mass is 16.5. The van der Waals surface area contributed by atoms with Gasteiger partial charge in [-0.1, -0.05) is 12.1 Å². The Balaban J connectivity index is 1.99. The minimum Gasteiger partial charge on any atom is -0.497 e. The van der Waals surface area contributed by atoms with E-state index in [0.717, 1.165) is 11.1 Å². The van der Waals surface area contributed by atoms with Gasteiger partial charge in [0.2, 0.25) is 0 Å². The van der Waals surface area contributed by atoms with Gasteiger partial charge >= 0.3 is 5.97 Å². The van der Waals surface area contributed by atoms with Gasteiger partial charge in [0, 0.05) is 23.4 Å². The first-order chi connectivity index (χ1) is 13.3. The number of carbonyl (C=O) groups is 2. The number of amides is 1. The fraction of sp³-hybridized carbons (Fsp3) is 0.273. The Morgan fingerprint density at radius 1 is 1.07 bits per heavy atom. The van der Waals surface area contributed by atoms with Crippen LogP contribution in [0.3, 0.4) is 0 Å². The average molecular weight is 383 g/mol. The van der Waals surface area contributed by atoms with Crippen LogP contribution in [0.1, 0.15) is 23.6 Å². The number of anilines is 1. The third-order valence-corrected chi connectivity index (χ3v) is 4.36. The van der Waals surface area contributed by atoms with Crippen molar-refractivity contribution in [2.45, 2.75) is 26.9 Å². The van der Waals surface area contributed by atoms with Crippen LogP contribution in [0, 0.1) is 13.8 Å². The molecule has 2 aromatic carbocycles. The van der Waals surface area contributed by atoms with Crippen LogP contribution in [-0.4, -0.2) is 32.2 Å². The lowest BCUT2D eigenvalue weighted by Crippen LogP contribution is -2.29. The zero-order valence-corrected chi connectivity index (χ0v) is 16.7. The van der Waals surface area contributed by atoms with Crippen LogP contribution in [0.2, 0.25) is 0 Å². The molecule has 2 rings (SSSR count). The SMILES string of the molecule is COc1ccc(/C=C/C(=O)O[C@H](C)C(=O)Nc2cccc(C)c2C)c(OC)c1. The molecule has 0 saturated heterocycles. The van der Waals surface area contributed by atoms with Crippen LogP contribution >= 0.6 is 0 Å². The smallest absolute Gasteiger partial charge is 0.331 e. The Hall–Kier alpha value is -3.28. The first kappa shape index (κ1) is 21.0. The van der Waals surface area contributed by atoms with E-state index in [-0.39, 0.29) is 0 Å². The number of aryl methyl sites for hydroxylation is 1. The zero-order valence-electron chi connectivity index (χ0n) is 16.7. The van der Waals surface area contributed by atoms with E-state index in [1.54, 1.807) is 31.4 Å². The molecule has 1 atom stereocenters. The second kappa shape index (κ2) is 9.60. The van der Waals surface area contributed by atoms with Crippen molar-refractivity contribution in [3.05, 3.63) is 59.2 Å². The van der Waals surface area contributed by atoms with E-state index in [0.29, 0.717) is 22.7 Å². The minimum atomic E-state index is -0.935. The van der Waals surface area contributed by atoms with E-state index < -0.39 is 18.0 Å². The van der Waals surface area contributed by atoms with Gasteiger partial charge in [0.1, 0.15) is 11.5 Å². The number of nitrogens with one attached hydrogen (secondary N) is 1. The molecular formula is C22H25NO5. The number of hydrogen-bond acceptors (Lipinski definition) is 5. The summed E-state index contributed by atoms with van der Waals surface area (Å²) in [6, 6.07) is 10.9. The predicted molar refractivity (Wildman–Crippen MR) is 109 cm³/mol. The summed E-state index contributed by atoms with van der Waals surface area (Å²) in [5.41, 5.74) is 3.43. The topological polar surface area (TPSA) is 73.9 Å². The molecule has 0 heterocycles. The summed E-state index contributed by atoms with van der Waals surface area (Å²) in [5, 5.41) is 2.79. The Morgan fingerprint density at radius 2 is 1.82 bits per heavy atom. The molecule has 0 fully saturated rings. The van der Waals surface area contributed by atoms with E-state index in [2.05, 4.69) is 5.32 Å². The fourth-order valence-electron chi connectivity index (χ4n) is 2.50. The number of esters is 1. The van der Waals surface area contributed by atoms with Gasteiger partial charge in [0.15, 0.2) is 6.10 Å². The highest BCUT2D eigenvalue weighted by molar-refractivity contribution is 5.97. The first-order valence-electron chi connectivity index (χ1n) is 8.83. The summed E-state index contributed by atoms with van der Waals surface area (Å²) < 4.78 is 15.6. The van der Waals surface area contributed by atoms with Crippen molar-refractivity contribution in [2.24, 2.45) is 0 Å². The van der Waals surface area contributed by atoms with Gasteiger partial charge < -0.3 is 19.5 Å². The molecule has 1 amide bonds. The number of benzene rings is 2. The fourth-order valence-corrected chi connectivity index (χ4v) is 2.50. The van der Waals surface area contributed by atoms with E-state index in [1.807, 2.05) is 32.0 Å². The molecule has 0 unspecified atom stereocenters. The van der Waals surface area contributed by atoms with Gasteiger partial charge in [0.25, 0.3) is 5.91 Å². The molecule has 6 nitrogen and oxygen atoms in total. The van der Waals surface area contributed by atoms with Gasteiger partial charge in [-0.3, -0.25) is 4.79 Å². The van der Waals surface area contributed by atoms with Crippen molar-refractivity contribution in [1.82, 2.24) is 0 Å². The highest BCUT2D eigenvalue weighted by Crippen LogP contribution is 2.25. The van der Waals surface area contributed by atoms with Crippen molar-refractivity contribution in [1.29, 1.82) is 0 Å². The van der Waals surface area contributed by atoms with Crippen LogP contribution in [0.15, 0.2) is 42.5 Å². The first-order valence-corrected chi connectivity index (χ1v) is 8.83. The number of methoxy groups -OCH3 is 2. The maximum absolute atomic E-state index is 12.3. The molecule has 0 radical (unpaired) electrons. The molecule has 6 heteroatoms. The zero-order chi connectivity index (χ0) is 20.7. The molecular weight excluding hydrogens is 358 g/mol. The second-order valence-electron chi connectivity index (χ2n) is 6.26. The van der Waals surface area contributed by atoms with E-state index >= 15 is 0 Å². The summed E-state index contributed by atoms with van der Waals surface area (Å²) in [6.07, 6.45) is 1.89. The number of rotatable bonds is 7. The summed E-state index contributed by atoms with van der Waals surface area (Å²) in [5.74, 6) is 0.191. The molecule has 1 N–H and O–H groups in total. The van der Waals surface area contributed by atoms with Crippen LogP contribution in [0.5, 0.6) is 11.5 Å². The Labute approximate surface area is 165 Å². The van der Waals surface area contributed by atoms with Crippen molar-refractivity contribution in [3.63, 3.8) is 0 Å². The molecule has 0 saturated carbocycles. The third kappa shape index (κ3) is 5.36. The highest BCUT2D eigenvalue weighted by Gasteiger charge is 2.17. The lowest BCUT2D eigenvalue weighted by Gasteiger charge is -2.14. The molecule has 0 spiro atoms. The number of hydrogen-bond donors (Lipinski definition) is 1. The Kier molecular flexibility index (Phi) is 7.21. The Morgan fingerprint density at radius 3 is 2.50 bits per heavy atom. The number of carbonyl (C=O) groups excluding carboxylic acids is 2. The Bertz CT molecular complexity index is 888. The van der Waals surface area contributed by atoms with Gasteiger partial charge in [-0.05, 0) is 56.2 Å².